The first-order valence-electron chi connectivity index (χ1n) is 6.86. The zero-order valence-electron chi connectivity index (χ0n) is 12.8. The van der Waals surface area contributed by atoms with Gasteiger partial charge in [-0.25, -0.2) is 15.2 Å². The smallest absolute Gasteiger partial charge is 0.409 e. The number of carbonyl (C=O) groups is 1. The highest BCUT2D eigenvalue weighted by Crippen LogP contribution is 2.36. The van der Waals surface area contributed by atoms with Crippen molar-refractivity contribution >= 4 is 5.97 Å². The summed E-state index contributed by atoms with van der Waals surface area (Å²) in [6.45, 7) is 5.53. The largest absolute Gasteiger partial charge is 0.481 e. The van der Waals surface area contributed by atoms with Crippen LogP contribution in [-0.4, -0.2) is 36.9 Å². The number of rotatable bonds is 3. The van der Waals surface area contributed by atoms with Gasteiger partial charge in [0.2, 0.25) is 5.88 Å². The van der Waals surface area contributed by atoms with Crippen LogP contribution >= 0.6 is 0 Å². The fourth-order valence-electron chi connectivity index (χ4n) is 2.00. The van der Waals surface area contributed by atoms with E-state index in [0.717, 1.165) is 5.01 Å². The average Bonchev–Trinajstić information content (AvgIpc) is 2.89. The van der Waals surface area contributed by atoms with Gasteiger partial charge in [0.25, 0.3) is 0 Å². The van der Waals surface area contributed by atoms with E-state index >= 15 is 0 Å². The second-order valence-electron chi connectivity index (χ2n) is 4.03. The molecule has 0 spiro atoms. The maximum atomic E-state index is 13.1. The third-order valence-electron chi connectivity index (χ3n) is 2.81. The molecule has 0 fully saturated rings. The Morgan fingerprint density at radius 2 is 2.05 bits per heavy atom. The van der Waals surface area contributed by atoms with Gasteiger partial charge in [-0.05, 0) is 19.1 Å². The second-order valence-corrected chi connectivity index (χ2v) is 4.03. The molecule has 0 saturated heterocycles. The molecule has 0 radical (unpaired) electrons. The Morgan fingerprint density at radius 3 is 2.55 bits per heavy atom. The highest BCUT2D eigenvalue weighted by molar-refractivity contribution is 5.92. The number of hydrogen-bond acceptors (Lipinski definition) is 5. The first kappa shape index (κ1) is 18.1. The molecule has 0 aromatic heterocycles. The van der Waals surface area contributed by atoms with Crippen LogP contribution in [0.2, 0.25) is 0 Å². The molecule has 0 aromatic rings. The summed E-state index contributed by atoms with van der Waals surface area (Å²) < 4.78 is 48.9. The molecule has 1 atom stereocenters. The lowest BCUT2D eigenvalue weighted by Crippen LogP contribution is -2.46. The number of alkyl halides is 3. The molecule has 8 heteroatoms. The number of hydrogen-bond donors (Lipinski definition) is 1. The highest BCUT2D eigenvalue weighted by atomic mass is 19.4. The van der Waals surface area contributed by atoms with Crippen LogP contribution in [-0.2, 0) is 14.3 Å². The van der Waals surface area contributed by atoms with Gasteiger partial charge in [0, 0.05) is 0 Å². The summed E-state index contributed by atoms with van der Waals surface area (Å²) in [5.41, 5.74) is 1.81. The number of esters is 1. The van der Waals surface area contributed by atoms with Crippen molar-refractivity contribution in [3.05, 3.63) is 35.4 Å². The van der Waals surface area contributed by atoms with Crippen molar-refractivity contribution in [2.45, 2.75) is 33.0 Å². The normalized spacial score (nSPS) is 20.0. The lowest BCUT2D eigenvalue weighted by atomic mass is 10.1. The lowest BCUT2D eigenvalue weighted by molar-refractivity contribution is -0.159. The predicted molar refractivity (Wildman–Crippen MR) is 74.1 cm³/mol. The van der Waals surface area contributed by atoms with Gasteiger partial charge in [0.1, 0.15) is 0 Å². The monoisotopic (exact) mass is 320 g/mol. The quantitative estimate of drug-likeness (QED) is 0.810. The molecule has 2 aliphatic rings. The molecule has 2 aliphatic heterocycles. The summed E-state index contributed by atoms with van der Waals surface area (Å²) in [5.74, 6) is -0.835. The first-order valence-corrected chi connectivity index (χ1v) is 6.86. The minimum absolute atomic E-state index is 0.00310. The van der Waals surface area contributed by atoms with Crippen LogP contribution in [0.15, 0.2) is 35.4 Å². The number of hydrazine groups is 1. The average molecular weight is 320 g/mol. The van der Waals surface area contributed by atoms with Gasteiger partial charge >= 0.3 is 12.1 Å². The molecule has 0 aromatic carbocycles. The Labute approximate surface area is 127 Å². The summed E-state index contributed by atoms with van der Waals surface area (Å²) in [6, 6.07) is -2.13. The minimum atomic E-state index is -4.63. The van der Waals surface area contributed by atoms with Crippen molar-refractivity contribution in [2.24, 2.45) is 0 Å². The molecule has 0 bridgehead atoms. The van der Waals surface area contributed by atoms with E-state index in [1.807, 2.05) is 13.8 Å². The predicted octanol–water partition coefficient (Wildman–Crippen LogP) is 2.64. The van der Waals surface area contributed by atoms with Crippen LogP contribution in [0.5, 0.6) is 0 Å². The van der Waals surface area contributed by atoms with Crippen molar-refractivity contribution in [2.75, 3.05) is 13.7 Å². The van der Waals surface area contributed by atoms with Gasteiger partial charge in [0.15, 0.2) is 6.04 Å². The molecule has 2 heterocycles. The number of ether oxygens (including phenoxy) is 2. The van der Waals surface area contributed by atoms with E-state index in [2.05, 4.69) is 5.43 Å². The van der Waals surface area contributed by atoms with Crippen LogP contribution in [0, 0.1) is 0 Å². The number of halogens is 3. The molecule has 22 heavy (non-hydrogen) atoms. The van der Waals surface area contributed by atoms with Gasteiger partial charge < -0.3 is 9.47 Å². The fourth-order valence-corrected chi connectivity index (χ4v) is 2.00. The first-order chi connectivity index (χ1) is 10.4. The van der Waals surface area contributed by atoms with E-state index in [9.17, 15) is 18.0 Å². The van der Waals surface area contributed by atoms with Crippen molar-refractivity contribution in [1.29, 1.82) is 0 Å². The molecule has 0 aliphatic carbocycles. The van der Waals surface area contributed by atoms with Gasteiger partial charge in [-0.1, -0.05) is 19.9 Å². The minimum Gasteiger partial charge on any atom is -0.481 e. The van der Waals surface area contributed by atoms with E-state index < -0.39 is 23.8 Å². The number of nitrogens with one attached hydrogen (secondary N) is 1. The molecular weight excluding hydrogens is 301 g/mol. The third kappa shape index (κ3) is 3.44. The zero-order valence-corrected chi connectivity index (χ0v) is 12.8. The summed E-state index contributed by atoms with van der Waals surface area (Å²) >= 11 is 0. The number of allylic oxidation sites excluding steroid dienone is 3. The molecule has 0 saturated carbocycles. The summed E-state index contributed by atoms with van der Waals surface area (Å²) in [7, 11) is 1.33. The molecule has 124 valence electrons. The maximum Gasteiger partial charge on any atom is 0.409 e. The molecular formula is C14H19F3N2O3. The summed E-state index contributed by atoms with van der Waals surface area (Å²) in [6.07, 6.45) is -0.241. The Kier molecular flexibility index (Phi) is 6.04. The standard InChI is InChI=1S/C12H13F3N2O3.C2H6/c1-3-20-11(18)9-7-5-4-6-8(19-2)17(7)16-10(9)12(13,14)15;1-2/h4-6,10,16H,3H2,1-2H3;1-2H3. The van der Waals surface area contributed by atoms with Crippen LogP contribution < -0.4 is 5.43 Å². The van der Waals surface area contributed by atoms with E-state index in [4.69, 9.17) is 9.47 Å². The van der Waals surface area contributed by atoms with Crippen LogP contribution in [0.4, 0.5) is 13.2 Å². The van der Waals surface area contributed by atoms with Crippen molar-refractivity contribution in [3.63, 3.8) is 0 Å². The van der Waals surface area contributed by atoms with Crippen molar-refractivity contribution in [1.82, 2.24) is 10.4 Å². The van der Waals surface area contributed by atoms with Gasteiger partial charge in [-0.3, -0.25) is 0 Å². The van der Waals surface area contributed by atoms with Crippen molar-refractivity contribution in [3.8, 4) is 0 Å². The molecule has 2 rings (SSSR count). The Balaban J connectivity index is 0.00000116. The zero-order chi connectivity index (χ0) is 16.9. The summed E-state index contributed by atoms with van der Waals surface area (Å²) in [5, 5.41) is 1.09. The highest BCUT2D eigenvalue weighted by Gasteiger charge is 2.52. The number of carbonyl (C=O) groups excluding carboxylic acids is 1. The molecule has 0 amide bonds. The maximum absolute atomic E-state index is 13.1. The summed E-state index contributed by atoms with van der Waals surface area (Å²) in [4.78, 5) is 11.8. The Bertz CT molecular complexity index is 510. The number of nitrogens with zero attached hydrogens (tertiary/aromatic N) is 1. The second kappa shape index (κ2) is 7.35. The van der Waals surface area contributed by atoms with Gasteiger partial charge in [-0.15, -0.1) is 0 Å². The van der Waals surface area contributed by atoms with E-state index in [1.54, 1.807) is 0 Å². The molecule has 1 N–H and O–H groups in total. The third-order valence-corrected chi connectivity index (χ3v) is 2.81. The van der Waals surface area contributed by atoms with Crippen molar-refractivity contribution < 1.29 is 27.4 Å². The van der Waals surface area contributed by atoms with E-state index in [0.29, 0.717) is 0 Å². The van der Waals surface area contributed by atoms with Gasteiger partial charge in [-0.2, -0.15) is 13.2 Å². The van der Waals surface area contributed by atoms with Gasteiger partial charge in [0.05, 0.1) is 25.0 Å². The number of methoxy groups -OCH3 is 1. The molecule has 5 nitrogen and oxygen atoms in total. The van der Waals surface area contributed by atoms with Crippen LogP contribution in [0.3, 0.4) is 0 Å². The Hall–Kier alpha value is -1.96. The topological polar surface area (TPSA) is 50.8 Å². The molecule has 1 unspecified atom stereocenters. The van der Waals surface area contributed by atoms with E-state index in [-0.39, 0.29) is 18.2 Å². The van der Waals surface area contributed by atoms with Crippen LogP contribution in [0.1, 0.15) is 20.8 Å². The van der Waals surface area contributed by atoms with Crippen LogP contribution in [0.25, 0.3) is 0 Å². The van der Waals surface area contributed by atoms with E-state index in [1.165, 1.54) is 32.3 Å². The Morgan fingerprint density at radius 1 is 1.41 bits per heavy atom. The number of fused-ring (bicyclic) bond motifs is 1. The SMILES string of the molecule is CC.CCOC(=O)C1=C2C=CC=C(OC)N2NC1C(F)(F)F. The fraction of sp³-hybridized carbons (Fsp3) is 0.500. The lowest BCUT2D eigenvalue weighted by Gasteiger charge is -2.25.